The van der Waals surface area contributed by atoms with E-state index in [0.29, 0.717) is 5.15 Å². The van der Waals surface area contributed by atoms with Crippen LogP contribution in [0.15, 0.2) is 36.4 Å². The number of hydrogen-bond donors (Lipinski definition) is 1. The second-order valence-corrected chi connectivity index (χ2v) is 5.25. The Bertz CT molecular complexity index is 570. The van der Waals surface area contributed by atoms with E-state index >= 15 is 0 Å². The van der Waals surface area contributed by atoms with Crippen molar-refractivity contribution in [3.8, 4) is 0 Å². The topological polar surface area (TPSA) is 24.9 Å². The molecule has 0 aliphatic carbocycles. The first-order valence-corrected chi connectivity index (χ1v) is 7.01. The molecule has 2 aromatic rings. The number of rotatable bonds is 4. The Morgan fingerprint density at radius 3 is 2.63 bits per heavy atom. The quantitative estimate of drug-likeness (QED) is 0.778. The summed E-state index contributed by atoms with van der Waals surface area (Å²) >= 11 is 11.9. The van der Waals surface area contributed by atoms with Gasteiger partial charge >= 0.3 is 0 Å². The molecule has 1 aromatic heterocycles. The molecule has 2 rings (SSSR count). The molecule has 1 unspecified atom stereocenters. The zero-order chi connectivity index (χ0) is 13.8. The fourth-order valence-electron chi connectivity index (χ4n) is 2.02. The number of nitrogens with one attached hydrogen (secondary N) is 1. The van der Waals surface area contributed by atoms with E-state index in [2.05, 4.69) is 23.3 Å². The Hall–Kier alpha value is -1.25. The van der Waals surface area contributed by atoms with Gasteiger partial charge in [-0.3, -0.25) is 0 Å². The third kappa shape index (κ3) is 3.62. The zero-order valence-electron chi connectivity index (χ0n) is 11.0. The molecule has 0 aliphatic rings. The van der Waals surface area contributed by atoms with Crippen LogP contribution in [0.3, 0.4) is 0 Å². The van der Waals surface area contributed by atoms with Crippen LogP contribution in [0.1, 0.15) is 30.6 Å². The van der Waals surface area contributed by atoms with Gasteiger partial charge in [-0.1, -0.05) is 42.3 Å². The lowest BCUT2D eigenvalue weighted by Crippen LogP contribution is -2.11. The average molecular weight is 295 g/mol. The van der Waals surface area contributed by atoms with Crippen LogP contribution in [0.4, 0.5) is 5.69 Å². The number of aryl methyl sites for hydroxylation is 1. The van der Waals surface area contributed by atoms with Crippen LogP contribution in [0.5, 0.6) is 0 Å². The Kier molecular flexibility index (Phi) is 4.67. The maximum atomic E-state index is 6.04. The molecule has 0 fully saturated rings. The smallest absolute Gasteiger partial charge is 0.129 e. The van der Waals surface area contributed by atoms with Gasteiger partial charge < -0.3 is 5.32 Å². The molecule has 4 heteroatoms. The molecule has 1 heterocycles. The van der Waals surface area contributed by atoms with Gasteiger partial charge in [0.1, 0.15) is 5.15 Å². The Morgan fingerprint density at radius 1 is 1.21 bits per heavy atom. The summed E-state index contributed by atoms with van der Waals surface area (Å²) in [7, 11) is 0. The molecule has 0 bridgehead atoms. The first-order chi connectivity index (χ1) is 9.10. The van der Waals surface area contributed by atoms with Crippen molar-refractivity contribution in [3.63, 3.8) is 0 Å². The summed E-state index contributed by atoms with van der Waals surface area (Å²) in [6.45, 7) is 4.08. The van der Waals surface area contributed by atoms with Crippen LogP contribution in [-0.4, -0.2) is 4.98 Å². The van der Waals surface area contributed by atoms with E-state index in [1.807, 2.05) is 31.2 Å². The molecule has 0 aliphatic heterocycles. The van der Waals surface area contributed by atoms with Crippen molar-refractivity contribution >= 4 is 28.9 Å². The number of aromatic nitrogens is 1. The molecular weight excluding hydrogens is 279 g/mol. The molecule has 1 atom stereocenters. The second kappa shape index (κ2) is 6.27. The summed E-state index contributed by atoms with van der Waals surface area (Å²) in [4.78, 5) is 4.25. The lowest BCUT2D eigenvalue weighted by atomic mass is 10.0. The maximum Gasteiger partial charge on any atom is 0.129 e. The number of anilines is 1. The van der Waals surface area contributed by atoms with E-state index in [1.165, 1.54) is 5.56 Å². The standard InChI is InChI=1S/C15H16Cl2N2/c1-3-13(11-5-4-6-12(16)9-11)19-14-7-8-15(17)18-10(14)2/h4-9,13,19H,3H2,1-2H3. The van der Waals surface area contributed by atoms with E-state index in [0.717, 1.165) is 22.8 Å². The van der Waals surface area contributed by atoms with Gasteiger partial charge in [-0.05, 0) is 43.2 Å². The summed E-state index contributed by atoms with van der Waals surface area (Å²) in [5.41, 5.74) is 3.06. The molecule has 0 radical (unpaired) electrons. The number of nitrogens with zero attached hydrogens (tertiary/aromatic N) is 1. The highest BCUT2D eigenvalue weighted by atomic mass is 35.5. The van der Waals surface area contributed by atoms with Crippen molar-refractivity contribution in [1.82, 2.24) is 4.98 Å². The normalized spacial score (nSPS) is 12.2. The maximum absolute atomic E-state index is 6.04. The third-order valence-electron chi connectivity index (χ3n) is 3.04. The van der Waals surface area contributed by atoms with Crippen molar-refractivity contribution in [2.75, 3.05) is 5.32 Å². The van der Waals surface area contributed by atoms with E-state index in [1.54, 1.807) is 6.07 Å². The highest BCUT2D eigenvalue weighted by Crippen LogP contribution is 2.26. The zero-order valence-corrected chi connectivity index (χ0v) is 12.5. The lowest BCUT2D eigenvalue weighted by Gasteiger charge is -2.20. The summed E-state index contributed by atoms with van der Waals surface area (Å²) in [6, 6.07) is 11.9. The van der Waals surface area contributed by atoms with Crippen LogP contribution in [-0.2, 0) is 0 Å². The minimum atomic E-state index is 0.209. The van der Waals surface area contributed by atoms with Crippen molar-refractivity contribution in [3.05, 3.63) is 57.8 Å². The highest BCUT2D eigenvalue weighted by Gasteiger charge is 2.11. The van der Waals surface area contributed by atoms with Crippen molar-refractivity contribution in [2.45, 2.75) is 26.3 Å². The predicted octanol–water partition coefficient (Wildman–Crippen LogP) is 5.26. The molecule has 0 saturated carbocycles. The van der Waals surface area contributed by atoms with E-state index in [4.69, 9.17) is 23.2 Å². The minimum absolute atomic E-state index is 0.209. The second-order valence-electron chi connectivity index (χ2n) is 4.43. The predicted molar refractivity (Wildman–Crippen MR) is 82.1 cm³/mol. The SMILES string of the molecule is CCC(Nc1ccc(Cl)nc1C)c1cccc(Cl)c1. The molecule has 100 valence electrons. The summed E-state index contributed by atoms with van der Waals surface area (Å²) in [6.07, 6.45) is 0.961. The van der Waals surface area contributed by atoms with Gasteiger partial charge in [-0.2, -0.15) is 0 Å². The first-order valence-electron chi connectivity index (χ1n) is 6.25. The van der Waals surface area contributed by atoms with Crippen LogP contribution >= 0.6 is 23.2 Å². The van der Waals surface area contributed by atoms with Gasteiger partial charge in [0.25, 0.3) is 0 Å². The number of pyridine rings is 1. The fourth-order valence-corrected chi connectivity index (χ4v) is 2.40. The van der Waals surface area contributed by atoms with E-state index < -0.39 is 0 Å². The molecular formula is C15H16Cl2N2. The van der Waals surface area contributed by atoms with Gasteiger partial charge in [-0.25, -0.2) is 4.98 Å². The number of halogens is 2. The van der Waals surface area contributed by atoms with Crippen LogP contribution in [0.2, 0.25) is 10.2 Å². The van der Waals surface area contributed by atoms with Gasteiger partial charge in [0.15, 0.2) is 0 Å². The van der Waals surface area contributed by atoms with Crippen molar-refractivity contribution in [1.29, 1.82) is 0 Å². The monoisotopic (exact) mass is 294 g/mol. The van der Waals surface area contributed by atoms with Gasteiger partial charge in [0.05, 0.1) is 17.4 Å². The van der Waals surface area contributed by atoms with Crippen molar-refractivity contribution in [2.24, 2.45) is 0 Å². The van der Waals surface area contributed by atoms with E-state index in [9.17, 15) is 0 Å². The molecule has 1 N–H and O–H groups in total. The Balaban J connectivity index is 2.24. The molecule has 0 spiro atoms. The summed E-state index contributed by atoms with van der Waals surface area (Å²) in [5.74, 6) is 0. The van der Waals surface area contributed by atoms with Gasteiger partial charge in [0.2, 0.25) is 0 Å². The molecule has 0 amide bonds. The van der Waals surface area contributed by atoms with Crippen LogP contribution in [0.25, 0.3) is 0 Å². The van der Waals surface area contributed by atoms with Crippen molar-refractivity contribution < 1.29 is 0 Å². The van der Waals surface area contributed by atoms with E-state index in [-0.39, 0.29) is 6.04 Å². The minimum Gasteiger partial charge on any atom is -0.377 e. The lowest BCUT2D eigenvalue weighted by molar-refractivity contribution is 0.747. The number of hydrogen-bond acceptors (Lipinski definition) is 2. The summed E-state index contributed by atoms with van der Waals surface area (Å²) < 4.78 is 0. The molecule has 0 saturated heterocycles. The average Bonchev–Trinajstić information content (AvgIpc) is 2.38. The van der Waals surface area contributed by atoms with Gasteiger partial charge in [-0.15, -0.1) is 0 Å². The third-order valence-corrected chi connectivity index (χ3v) is 3.49. The summed E-state index contributed by atoms with van der Waals surface area (Å²) in [5, 5.41) is 4.75. The Morgan fingerprint density at radius 2 is 2.00 bits per heavy atom. The number of benzene rings is 1. The largest absolute Gasteiger partial charge is 0.377 e. The Labute approximate surface area is 123 Å². The van der Waals surface area contributed by atoms with Crippen LogP contribution in [0, 0.1) is 6.92 Å². The molecule has 19 heavy (non-hydrogen) atoms. The van der Waals surface area contributed by atoms with Gasteiger partial charge in [0, 0.05) is 5.02 Å². The molecule has 2 nitrogen and oxygen atoms in total. The van der Waals surface area contributed by atoms with Crippen LogP contribution < -0.4 is 5.32 Å². The highest BCUT2D eigenvalue weighted by molar-refractivity contribution is 6.30. The fraction of sp³-hybridized carbons (Fsp3) is 0.267. The first kappa shape index (κ1) is 14.2. The molecule has 1 aromatic carbocycles.